The summed E-state index contributed by atoms with van der Waals surface area (Å²) in [6.07, 6.45) is 2.14. The summed E-state index contributed by atoms with van der Waals surface area (Å²) in [7, 11) is 2.03. The monoisotopic (exact) mass is 305 g/mol. The van der Waals surface area contributed by atoms with E-state index in [-0.39, 0.29) is 0 Å². The van der Waals surface area contributed by atoms with Crippen molar-refractivity contribution >= 4 is 23.2 Å². The van der Waals surface area contributed by atoms with Gasteiger partial charge in [-0.25, -0.2) is 0 Å². The average molecular weight is 306 g/mol. The number of benzene rings is 2. The first-order valence-corrected chi connectivity index (χ1v) is 7.64. The second kappa shape index (κ2) is 5.77. The van der Waals surface area contributed by atoms with E-state index >= 15 is 0 Å². The maximum Gasteiger partial charge on any atom is 0.0595 e. The molecule has 0 spiro atoms. The Kier molecular flexibility index (Phi) is 4.02. The molecule has 1 nitrogen and oxygen atoms in total. The minimum absolute atomic E-state index is 0.457. The number of hydrogen-bond donors (Lipinski definition) is 1. The van der Waals surface area contributed by atoms with Crippen LogP contribution in [0.3, 0.4) is 0 Å². The predicted octanol–water partition coefficient (Wildman–Crippen LogP) is 4.98. The van der Waals surface area contributed by atoms with Gasteiger partial charge < -0.3 is 5.32 Å². The van der Waals surface area contributed by atoms with Crippen molar-refractivity contribution in [1.82, 2.24) is 5.32 Å². The minimum Gasteiger partial charge on any atom is -0.313 e. The van der Waals surface area contributed by atoms with Crippen molar-refractivity contribution < 1.29 is 0 Å². The van der Waals surface area contributed by atoms with Crippen molar-refractivity contribution in [3.8, 4) is 0 Å². The van der Waals surface area contributed by atoms with Gasteiger partial charge in [-0.1, -0.05) is 53.5 Å². The predicted molar refractivity (Wildman–Crippen MR) is 85.8 cm³/mol. The molecule has 0 saturated heterocycles. The number of hydrogen-bond acceptors (Lipinski definition) is 1. The standard InChI is InChI=1S/C17H17Cl2N/c1-20-17-10-12(13-4-2-3-5-14(13)17)8-11-6-7-15(18)16(19)9-11/h2-7,9,12,17,20H,8,10H2,1H3/t12-,17-/m1/s1. The first-order chi connectivity index (χ1) is 9.69. The third kappa shape index (κ3) is 2.58. The van der Waals surface area contributed by atoms with Crippen molar-refractivity contribution in [2.45, 2.75) is 24.8 Å². The van der Waals surface area contributed by atoms with Gasteiger partial charge in [0.1, 0.15) is 0 Å². The van der Waals surface area contributed by atoms with Gasteiger partial charge >= 0.3 is 0 Å². The molecule has 0 fully saturated rings. The van der Waals surface area contributed by atoms with E-state index < -0.39 is 0 Å². The van der Waals surface area contributed by atoms with Crippen molar-refractivity contribution in [3.63, 3.8) is 0 Å². The van der Waals surface area contributed by atoms with Crippen LogP contribution in [-0.4, -0.2) is 7.05 Å². The van der Waals surface area contributed by atoms with Gasteiger partial charge in [0.15, 0.2) is 0 Å². The molecule has 1 aliphatic rings. The van der Waals surface area contributed by atoms with Crippen LogP contribution in [0.25, 0.3) is 0 Å². The summed E-state index contributed by atoms with van der Waals surface area (Å²) in [5.41, 5.74) is 4.13. The van der Waals surface area contributed by atoms with Crippen LogP contribution in [0.4, 0.5) is 0 Å². The van der Waals surface area contributed by atoms with E-state index in [1.165, 1.54) is 16.7 Å². The minimum atomic E-state index is 0.457. The first-order valence-electron chi connectivity index (χ1n) is 6.89. The molecule has 0 amide bonds. The summed E-state index contributed by atoms with van der Waals surface area (Å²) < 4.78 is 0. The molecule has 0 radical (unpaired) electrons. The fourth-order valence-corrected chi connectivity index (χ4v) is 3.48. The summed E-state index contributed by atoms with van der Waals surface area (Å²) >= 11 is 12.1. The van der Waals surface area contributed by atoms with Crippen molar-refractivity contribution in [2.75, 3.05) is 7.05 Å². The third-order valence-electron chi connectivity index (χ3n) is 4.15. The lowest BCUT2D eigenvalue weighted by molar-refractivity contribution is 0.532. The Morgan fingerprint density at radius 1 is 1.05 bits per heavy atom. The summed E-state index contributed by atoms with van der Waals surface area (Å²) in [6.45, 7) is 0. The third-order valence-corrected chi connectivity index (χ3v) is 4.89. The van der Waals surface area contributed by atoms with Crippen LogP contribution in [0.1, 0.15) is 35.1 Å². The zero-order valence-electron chi connectivity index (χ0n) is 11.4. The Morgan fingerprint density at radius 3 is 2.50 bits per heavy atom. The molecule has 1 N–H and O–H groups in total. The molecule has 3 rings (SSSR count). The molecular formula is C17H17Cl2N. The molecule has 0 unspecified atom stereocenters. The highest BCUT2D eigenvalue weighted by Crippen LogP contribution is 2.42. The van der Waals surface area contributed by atoms with Gasteiger partial charge in [-0.2, -0.15) is 0 Å². The maximum absolute atomic E-state index is 6.11. The van der Waals surface area contributed by atoms with Crippen LogP contribution >= 0.6 is 23.2 Å². The van der Waals surface area contributed by atoms with E-state index in [9.17, 15) is 0 Å². The molecule has 104 valence electrons. The lowest BCUT2D eigenvalue weighted by Gasteiger charge is -2.12. The van der Waals surface area contributed by atoms with E-state index in [1.54, 1.807) is 0 Å². The molecule has 0 saturated carbocycles. The Bertz CT molecular complexity index is 624. The van der Waals surface area contributed by atoms with Crippen LogP contribution < -0.4 is 5.32 Å². The van der Waals surface area contributed by atoms with Crippen molar-refractivity contribution in [2.24, 2.45) is 0 Å². The van der Waals surface area contributed by atoms with Gasteiger partial charge in [-0.15, -0.1) is 0 Å². The molecular weight excluding hydrogens is 289 g/mol. The molecule has 1 aliphatic carbocycles. The lowest BCUT2D eigenvalue weighted by atomic mass is 9.93. The molecule has 2 aromatic carbocycles. The topological polar surface area (TPSA) is 12.0 Å². The molecule has 0 aliphatic heterocycles. The fourth-order valence-electron chi connectivity index (χ4n) is 3.16. The van der Waals surface area contributed by atoms with Gasteiger partial charge in [0, 0.05) is 6.04 Å². The molecule has 20 heavy (non-hydrogen) atoms. The van der Waals surface area contributed by atoms with E-state index in [1.807, 2.05) is 19.2 Å². The quantitative estimate of drug-likeness (QED) is 0.843. The largest absolute Gasteiger partial charge is 0.313 e. The summed E-state index contributed by atoms with van der Waals surface area (Å²) in [6, 6.07) is 15.1. The Morgan fingerprint density at radius 2 is 1.80 bits per heavy atom. The number of fused-ring (bicyclic) bond motifs is 1. The molecule has 0 bridgehead atoms. The second-order valence-corrected chi connectivity index (χ2v) is 6.17. The van der Waals surface area contributed by atoms with Crippen LogP contribution in [0.2, 0.25) is 10.0 Å². The Labute approximate surface area is 129 Å². The molecule has 2 aromatic rings. The van der Waals surface area contributed by atoms with Crippen LogP contribution in [0.5, 0.6) is 0 Å². The van der Waals surface area contributed by atoms with Crippen LogP contribution in [0.15, 0.2) is 42.5 Å². The van der Waals surface area contributed by atoms with E-state index in [2.05, 4.69) is 35.6 Å². The van der Waals surface area contributed by atoms with Gasteiger partial charge in [-0.05, 0) is 54.6 Å². The van der Waals surface area contributed by atoms with E-state index in [4.69, 9.17) is 23.2 Å². The highest BCUT2D eigenvalue weighted by atomic mass is 35.5. The van der Waals surface area contributed by atoms with Gasteiger partial charge in [0.2, 0.25) is 0 Å². The molecule has 2 atom stereocenters. The zero-order chi connectivity index (χ0) is 14.1. The molecule has 3 heteroatoms. The highest BCUT2D eigenvalue weighted by Gasteiger charge is 2.29. The first kappa shape index (κ1) is 13.9. The molecule has 0 heterocycles. The smallest absolute Gasteiger partial charge is 0.0595 e. The summed E-state index contributed by atoms with van der Waals surface area (Å²) in [4.78, 5) is 0. The number of halogens is 2. The summed E-state index contributed by atoms with van der Waals surface area (Å²) in [5, 5.41) is 4.67. The lowest BCUT2D eigenvalue weighted by Crippen LogP contribution is -2.13. The van der Waals surface area contributed by atoms with Crippen molar-refractivity contribution in [1.29, 1.82) is 0 Å². The van der Waals surface area contributed by atoms with Gasteiger partial charge in [0.25, 0.3) is 0 Å². The van der Waals surface area contributed by atoms with E-state index in [0.29, 0.717) is 22.0 Å². The Balaban J connectivity index is 1.87. The number of nitrogens with one attached hydrogen (secondary N) is 1. The normalized spacial score (nSPS) is 20.9. The van der Waals surface area contributed by atoms with E-state index in [0.717, 1.165) is 12.8 Å². The van der Waals surface area contributed by atoms with Crippen molar-refractivity contribution in [3.05, 3.63) is 69.2 Å². The van der Waals surface area contributed by atoms with Gasteiger partial charge in [-0.3, -0.25) is 0 Å². The number of rotatable bonds is 3. The Hall–Kier alpha value is -1.02. The molecule has 0 aromatic heterocycles. The average Bonchev–Trinajstić information content (AvgIpc) is 2.81. The van der Waals surface area contributed by atoms with Gasteiger partial charge in [0.05, 0.1) is 10.0 Å². The summed E-state index contributed by atoms with van der Waals surface area (Å²) in [5.74, 6) is 0.542. The second-order valence-electron chi connectivity index (χ2n) is 5.36. The van der Waals surface area contributed by atoms with Crippen LogP contribution in [-0.2, 0) is 6.42 Å². The SMILES string of the molecule is CN[C@@H]1C[C@@H](Cc2ccc(Cl)c(Cl)c2)c2ccccc21. The fraction of sp³-hybridized carbons (Fsp3) is 0.294. The van der Waals surface area contributed by atoms with Crippen LogP contribution in [0, 0.1) is 0 Å². The highest BCUT2D eigenvalue weighted by molar-refractivity contribution is 6.42. The zero-order valence-corrected chi connectivity index (χ0v) is 12.9. The maximum atomic E-state index is 6.11.